The smallest absolute Gasteiger partial charge is 0.115 e. The largest absolute Gasteiger partial charge is 0.508 e. The van der Waals surface area contributed by atoms with E-state index in [2.05, 4.69) is 12.2 Å². The molecule has 14 heavy (non-hydrogen) atoms. The van der Waals surface area contributed by atoms with Gasteiger partial charge in [0.1, 0.15) is 5.75 Å². The fourth-order valence-electron chi connectivity index (χ4n) is 1.61. The molecule has 1 atom stereocenters. The van der Waals surface area contributed by atoms with Gasteiger partial charge in [-0.05, 0) is 37.6 Å². The molecule has 0 radical (unpaired) electrons. The highest BCUT2D eigenvalue weighted by Crippen LogP contribution is 2.12. The van der Waals surface area contributed by atoms with E-state index in [0.29, 0.717) is 11.8 Å². The third kappa shape index (κ3) is 3.38. The monoisotopic (exact) mass is 193 g/mol. The van der Waals surface area contributed by atoms with Crippen molar-refractivity contribution in [2.75, 3.05) is 7.05 Å². The first-order valence-electron chi connectivity index (χ1n) is 5.21. The molecule has 0 amide bonds. The lowest BCUT2D eigenvalue weighted by atomic mass is 10.0. The van der Waals surface area contributed by atoms with Gasteiger partial charge in [-0.3, -0.25) is 0 Å². The molecule has 0 aliphatic heterocycles. The predicted octanol–water partition coefficient (Wildman–Crippen LogP) is 2.32. The van der Waals surface area contributed by atoms with Gasteiger partial charge in [-0.1, -0.05) is 25.5 Å². The highest BCUT2D eigenvalue weighted by atomic mass is 16.3. The lowest BCUT2D eigenvalue weighted by molar-refractivity contribution is 0.474. The molecule has 0 fully saturated rings. The summed E-state index contributed by atoms with van der Waals surface area (Å²) in [5.74, 6) is 0.338. The molecule has 1 aromatic carbocycles. The third-order valence-corrected chi connectivity index (χ3v) is 2.46. The minimum atomic E-state index is 0.338. The first kappa shape index (κ1) is 11.1. The zero-order valence-corrected chi connectivity index (χ0v) is 8.96. The first-order chi connectivity index (χ1) is 6.76. The van der Waals surface area contributed by atoms with E-state index in [1.807, 2.05) is 19.2 Å². The van der Waals surface area contributed by atoms with Gasteiger partial charge in [0.2, 0.25) is 0 Å². The van der Waals surface area contributed by atoms with Crippen molar-refractivity contribution in [1.82, 2.24) is 5.32 Å². The van der Waals surface area contributed by atoms with E-state index in [-0.39, 0.29) is 0 Å². The van der Waals surface area contributed by atoms with Crippen molar-refractivity contribution in [2.45, 2.75) is 32.2 Å². The minimum absolute atomic E-state index is 0.338. The number of phenols is 1. The Balaban J connectivity index is 2.53. The van der Waals surface area contributed by atoms with Gasteiger partial charge in [0, 0.05) is 6.04 Å². The summed E-state index contributed by atoms with van der Waals surface area (Å²) < 4.78 is 0. The van der Waals surface area contributed by atoms with Crippen LogP contribution in [0.2, 0.25) is 0 Å². The number of hydrogen-bond donors (Lipinski definition) is 2. The van der Waals surface area contributed by atoms with Gasteiger partial charge in [-0.25, -0.2) is 0 Å². The molecular weight excluding hydrogens is 174 g/mol. The molecule has 2 heteroatoms. The highest BCUT2D eigenvalue weighted by Gasteiger charge is 2.05. The maximum Gasteiger partial charge on any atom is 0.115 e. The minimum Gasteiger partial charge on any atom is -0.508 e. The van der Waals surface area contributed by atoms with Gasteiger partial charge in [-0.15, -0.1) is 0 Å². The Labute approximate surface area is 86.0 Å². The number of aromatic hydroxyl groups is 1. The Morgan fingerprint density at radius 3 is 2.43 bits per heavy atom. The second-order valence-electron chi connectivity index (χ2n) is 3.64. The van der Waals surface area contributed by atoms with E-state index in [1.165, 1.54) is 18.4 Å². The zero-order valence-electron chi connectivity index (χ0n) is 8.96. The number of rotatable bonds is 5. The van der Waals surface area contributed by atoms with Crippen molar-refractivity contribution in [2.24, 2.45) is 0 Å². The van der Waals surface area contributed by atoms with Crippen LogP contribution in [0, 0.1) is 0 Å². The van der Waals surface area contributed by atoms with E-state index in [1.54, 1.807) is 12.1 Å². The van der Waals surface area contributed by atoms with Crippen LogP contribution in [0.15, 0.2) is 24.3 Å². The molecule has 0 aromatic heterocycles. The summed E-state index contributed by atoms with van der Waals surface area (Å²) in [5.41, 5.74) is 1.27. The summed E-state index contributed by atoms with van der Waals surface area (Å²) in [6.07, 6.45) is 3.42. The van der Waals surface area contributed by atoms with Gasteiger partial charge in [0.05, 0.1) is 0 Å². The van der Waals surface area contributed by atoms with Gasteiger partial charge >= 0.3 is 0 Å². The number of likely N-dealkylation sites (N-methyl/N-ethyl adjacent to an activating group) is 1. The summed E-state index contributed by atoms with van der Waals surface area (Å²) in [6, 6.07) is 8.00. The summed E-state index contributed by atoms with van der Waals surface area (Å²) in [5, 5.41) is 12.4. The van der Waals surface area contributed by atoms with Gasteiger partial charge < -0.3 is 10.4 Å². The van der Waals surface area contributed by atoms with Crippen LogP contribution >= 0.6 is 0 Å². The Bertz CT molecular complexity index is 256. The fourth-order valence-corrected chi connectivity index (χ4v) is 1.61. The zero-order chi connectivity index (χ0) is 10.4. The van der Waals surface area contributed by atoms with Crippen LogP contribution in [0.4, 0.5) is 0 Å². The topological polar surface area (TPSA) is 32.3 Å². The maximum atomic E-state index is 9.14. The molecular formula is C12H19NO. The molecule has 0 heterocycles. The van der Waals surface area contributed by atoms with Crippen LogP contribution in [0.1, 0.15) is 25.3 Å². The van der Waals surface area contributed by atoms with Crippen molar-refractivity contribution >= 4 is 0 Å². The van der Waals surface area contributed by atoms with E-state index in [4.69, 9.17) is 5.11 Å². The van der Waals surface area contributed by atoms with Crippen LogP contribution in [0.5, 0.6) is 5.75 Å². The van der Waals surface area contributed by atoms with Crippen LogP contribution < -0.4 is 5.32 Å². The third-order valence-electron chi connectivity index (χ3n) is 2.46. The van der Waals surface area contributed by atoms with Crippen molar-refractivity contribution in [3.8, 4) is 5.75 Å². The standard InChI is InChI=1S/C12H19NO/c1-3-4-11(13-2)9-10-5-7-12(14)8-6-10/h5-8,11,13-14H,3-4,9H2,1-2H3. The number of phenolic OH excluding ortho intramolecular Hbond substituents is 1. The van der Waals surface area contributed by atoms with Crippen LogP contribution in [-0.4, -0.2) is 18.2 Å². The molecule has 0 bridgehead atoms. The second kappa shape index (κ2) is 5.66. The van der Waals surface area contributed by atoms with Crippen molar-refractivity contribution in [3.63, 3.8) is 0 Å². The van der Waals surface area contributed by atoms with Gasteiger partial charge in [0.25, 0.3) is 0 Å². The van der Waals surface area contributed by atoms with E-state index >= 15 is 0 Å². The van der Waals surface area contributed by atoms with Crippen LogP contribution in [0.3, 0.4) is 0 Å². The summed E-state index contributed by atoms with van der Waals surface area (Å²) >= 11 is 0. The fraction of sp³-hybridized carbons (Fsp3) is 0.500. The number of nitrogens with one attached hydrogen (secondary N) is 1. The van der Waals surface area contributed by atoms with Crippen LogP contribution in [0.25, 0.3) is 0 Å². The predicted molar refractivity (Wildman–Crippen MR) is 59.6 cm³/mol. The van der Waals surface area contributed by atoms with E-state index in [9.17, 15) is 0 Å². The molecule has 1 rings (SSSR count). The van der Waals surface area contributed by atoms with Crippen LogP contribution in [-0.2, 0) is 6.42 Å². The average molecular weight is 193 g/mol. The second-order valence-corrected chi connectivity index (χ2v) is 3.64. The van der Waals surface area contributed by atoms with E-state index in [0.717, 1.165) is 6.42 Å². The Morgan fingerprint density at radius 2 is 1.93 bits per heavy atom. The van der Waals surface area contributed by atoms with Crippen molar-refractivity contribution in [3.05, 3.63) is 29.8 Å². The van der Waals surface area contributed by atoms with Gasteiger partial charge in [0.15, 0.2) is 0 Å². The molecule has 2 N–H and O–H groups in total. The lowest BCUT2D eigenvalue weighted by Gasteiger charge is -2.14. The SMILES string of the molecule is CCCC(Cc1ccc(O)cc1)NC. The molecule has 2 nitrogen and oxygen atoms in total. The molecule has 0 aliphatic rings. The molecule has 0 aliphatic carbocycles. The Kier molecular flexibility index (Phi) is 4.47. The maximum absolute atomic E-state index is 9.14. The van der Waals surface area contributed by atoms with Gasteiger partial charge in [-0.2, -0.15) is 0 Å². The molecule has 0 saturated carbocycles. The number of hydrogen-bond acceptors (Lipinski definition) is 2. The highest BCUT2D eigenvalue weighted by molar-refractivity contribution is 5.26. The number of benzene rings is 1. The normalized spacial score (nSPS) is 12.7. The molecule has 0 spiro atoms. The lowest BCUT2D eigenvalue weighted by Crippen LogP contribution is -2.27. The molecule has 0 saturated heterocycles. The van der Waals surface area contributed by atoms with Crippen molar-refractivity contribution < 1.29 is 5.11 Å². The summed E-state index contributed by atoms with van der Waals surface area (Å²) in [4.78, 5) is 0. The Hall–Kier alpha value is -1.02. The molecule has 78 valence electrons. The van der Waals surface area contributed by atoms with E-state index < -0.39 is 0 Å². The summed E-state index contributed by atoms with van der Waals surface area (Å²) in [6.45, 7) is 2.20. The summed E-state index contributed by atoms with van der Waals surface area (Å²) in [7, 11) is 2.00. The quantitative estimate of drug-likeness (QED) is 0.752. The molecule has 1 aromatic rings. The molecule has 1 unspecified atom stereocenters. The first-order valence-corrected chi connectivity index (χ1v) is 5.21. The van der Waals surface area contributed by atoms with Crippen molar-refractivity contribution in [1.29, 1.82) is 0 Å². The average Bonchev–Trinajstić information content (AvgIpc) is 2.20. The Morgan fingerprint density at radius 1 is 1.29 bits per heavy atom.